The van der Waals surface area contributed by atoms with Crippen LogP contribution in [0.25, 0.3) is 0 Å². The van der Waals surface area contributed by atoms with Crippen molar-refractivity contribution >= 4 is 21.7 Å². The first-order chi connectivity index (χ1) is 11.7. The van der Waals surface area contributed by atoms with Crippen LogP contribution in [0.2, 0.25) is 0 Å². The number of nitrogens with zero attached hydrogens (tertiary/aromatic N) is 2. The minimum atomic E-state index is -3.22. The quantitative estimate of drug-likeness (QED) is 0.194. The number of non-ortho nitro benzene ring substituents is 1. The standard InChI is InChI=1S/C15H25N5O4S/c1-12(2)10-17-15(16-8-9-19-25(3,23)24)18-11-13-4-6-14(7-5-13)20(21)22/h4-7,12,19H,8-11H2,1-3H3,(H2,16,17,18). The fraction of sp³-hybridized carbons (Fsp3) is 0.533. The lowest BCUT2D eigenvalue weighted by atomic mass is 10.2. The Balaban J connectivity index is 2.63. The highest BCUT2D eigenvalue weighted by molar-refractivity contribution is 7.88. The third kappa shape index (κ3) is 9.62. The first-order valence-corrected chi connectivity index (χ1v) is 9.76. The number of hydrogen-bond acceptors (Lipinski definition) is 5. The smallest absolute Gasteiger partial charge is 0.269 e. The first-order valence-electron chi connectivity index (χ1n) is 7.87. The SMILES string of the molecule is CC(C)CNC(=NCc1ccc([N+](=O)[O-])cc1)NCCNS(C)(=O)=O. The van der Waals surface area contributed by atoms with Crippen LogP contribution in [-0.4, -0.2) is 45.2 Å². The normalized spacial score (nSPS) is 12.2. The average Bonchev–Trinajstić information content (AvgIpc) is 2.52. The van der Waals surface area contributed by atoms with Gasteiger partial charge in [-0.25, -0.2) is 18.1 Å². The monoisotopic (exact) mass is 371 g/mol. The number of nitro groups is 1. The van der Waals surface area contributed by atoms with E-state index >= 15 is 0 Å². The van der Waals surface area contributed by atoms with Crippen molar-refractivity contribution < 1.29 is 13.3 Å². The summed E-state index contributed by atoms with van der Waals surface area (Å²) in [6, 6.07) is 6.20. The molecule has 0 heterocycles. The van der Waals surface area contributed by atoms with Gasteiger partial charge in [-0.3, -0.25) is 10.1 Å². The Kier molecular flexibility index (Phi) is 8.29. The predicted molar refractivity (Wildman–Crippen MR) is 97.9 cm³/mol. The molecule has 0 unspecified atom stereocenters. The van der Waals surface area contributed by atoms with Crippen LogP contribution in [0.4, 0.5) is 5.69 Å². The van der Waals surface area contributed by atoms with Crippen molar-refractivity contribution in [2.45, 2.75) is 20.4 Å². The van der Waals surface area contributed by atoms with Crippen molar-refractivity contribution in [3.8, 4) is 0 Å². The summed E-state index contributed by atoms with van der Waals surface area (Å²) in [6.45, 7) is 5.82. The van der Waals surface area contributed by atoms with E-state index in [-0.39, 0.29) is 12.2 Å². The molecule has 0 radical (unpaired) electrons. The predicted octanol–water partition coefficient (Wildman–Crippen LogP) is 0.835. The Labute approximate surface area is 148 Å². The summed E-state index contributed by atoms with van der Waals surface area (Å²) in [4.78, 5) is 14.6. The Bertz CT molecular complexity index is 686. The molecule has 0 saturated heterocycles. The van der Waals surface area contributed by atoms with Gasteiger partial charge in [-0.2, -0.15) is 0 Å². The van der Waals surface area contributed by atoms with Gasteiger partial charge < -0.3 is 10.6 Å². The molecule has 0 aromatic heterocycles. The average molecular weight is 371 g/mol. The fourth-order valence-corrected chi connectivity index (χ4v) is 2.26. The van der Waals surface area contributed by atoms with E-state index in [0.717, 1.165) is 11.8 Å². The van der Waals surface area contributed by atoms with Crippen LogP contribution in [0.3, 0.4) is 0 Å². The minimum absolute atomic E-state index is 0.0378. The number of hydrogen-bond donors (Lipinski definition) is 3. The van der Waals surface area contributed by atoms with Crippen molar-refractivity contribution in [2.75, 3.05) is 25.9 Å². The Morgan fingerprint density at radius 2 is 1.84 bits per heavy atom. The highest BCUT2D eigenvalue weighted by Gasteiger charge is 2.05. The van der Waals surface area contributed by atoms with Gasteiger partial charge in [-0.1, -0.05) is 26.0 Å². The molecule has 0 saturated carbocycles. The van der Waals surface area contributed by atoms with Crippen LogP contribution in [0, 0.1) is 16.0 Å². The zero-order chi connectivity index (χ0) is 18.9. The summed E-state index contributed by atoms with van der Waals surface area (Å²) in [5, 5.41) is 16.9. The third-order valence-corrected chi connectivity index (χ3v) is 3.75. The van der Waals surface area contributed by atoms with Crippen LogP contribution in [0.5, 0.6) is 0 Å². The Morgan fingerprint density at radius 1 is 1.20 bits per heavy atom. The number of guanidine groups is 1. The Hall–Kier alpha value is -2.20. The molecule has 0 spiro atoms. The molecule has 3 N–H and O–H groups in total. The highest BCUT2D eigenvalue weighted by Crippen LogP contribution is 2.12. The van der Waals surface area contributed by atoms with E-state index in [1.165, 1.54) is 12.1 Å². The molecule has 0 fully saturated rings. The lowest BCUT2D eigenvalue weighted by molar-refractivity contribution is -0.384. The fourth-order valence-electron chi connectivity index (χ4n) is 1.79. The molecule has 1 aromatic carbocycles. The van der Waals surface area contributed by atoms with Crippen molar-refractivity contribution in [1.29, 1.82) is 0 Å². The molecule has 1 aromatic rings. The van der Waals surface area contributed by atoms with E-state index < -0.39 is 14.9 Å². The van der Waals surface area contributed by atoms with Gasteiger partial charge in [0.2, 0.25) is 10.0 Å². The summed E-state index contributed by atoms with van der Waals surface area (Å²) in [6.07, 6.45) is 1.10. The third-order valence-electron chi connectivity index (χ3n) is 3.03. The van der Waals surface area contributed by atoms with E-state index in [2.05, 4.69) is 34.2 Å². The molecular weight excluding hydrogens is 346 g/mol. The van der Waals surface area contributed by atoms with Crippen LogP contribution in [0.1, 0.15) is 19.4 Å². The summed E-state index contributed by atoms with van der Waals surface area (Å²) >= 11 is 0. The summed E-state index contributed by atoms with van der Waals surface area (Å²) in [7, 11) is -3.22. The second kappa shape index (κ2) is 9.94. The van der Waals surface area contributed by atoms with Crippen molar-refractivity contribution in [1.82, 2.24) is 15.4 Å². The maximum Gasteiger partial charge on any atom is 0.269 e. The molecule has 0 aliphatic rings. The second-order valence-electron chi connectivity index (χ2n) is 5.96. The van der Waals surface area contributed by atoms with Crippen LogP contribution in [0.15, 0.2) is 29.3 Å². The van der Waals surface area contributed by atoms with Gasteiger partial charge in [-0.05, 0) is 11.5 Å². The number of sulfonamides is 1. The van der Waals surface area contributed by atoms with Gasteiger partial charge in [0, 0.05) is 31.8 Å². The molecule has 0 aliphatic heterocycles. The summed E-state index contributed by atoms with van der Waals surface area (Å²) in [5.41, 5.74) is 0.876. The van der Waals surface area contributed by atoms with E-state index in [1.54, 1.807) is 12.1 Å². The zero-order valence-corrected chi connectivity index (χ0v) is 15.5. The molecule has 9 nitrogen and oxygen atoms in total. The maximum absolute atomic E-state index is 11.0. The maximum atomic E-state index is 11.0. The van der Waals surface area contributed by atoms with Crippen LogP contribution >= 0.6 is 0 Å². The molecule has 25 heavy (non-hydrogen) atoms. The zero-order valence-electron chi connectivity index (χ0n) is 14.7. The van der Waals surface area contributed by atoms with E-state index in [1.807, 2.05) is 0 Å². The minimum Gasteiger partial charge on any atom is -0.356 e. The van der Waals surface area contributed by atoms with Gasteiger partial charge in [0.1, 0.15) is 0 Å². The van der Waals surface area contributed by atoms with Gasteiger partial charge in [0.15, 0.2) is 5.96 Å². The van der Waals surface area contributed by atoms with Crippen LogP contribution < -0.4 is 15.4 Å². The topological polar surface area (TPSA) is 126 Å². The number of rotatable bonds is 9. The van der Waals surface area contributed by atoms with Gasteiger partial charge in [0.05, 0.1) is 17.7 Å². The molecule has 0 amide bonds. The molecule has 0 atom stereocenters. The largest absolute Gasteiger partial charge is 0.356 e. The lowest BCUT2D eigenvalue weighted by Gasteiger charge is -2.14. The van der Waals surface area contributed by atoms with Gasteiger partial charge in [-0.15, -0.1) is 0 Å². The van der Waals surface area contributed by atoms with E-state index in [9.17, 15) is 18.5 Å². The number of nitrogens with one attached hydrogen (secondary N) is 3. The highest BCUT2D eigenvalue weighted by atomic mass is 32.2. The lowest BCUT2D eigenvalue weighted by Crippen LogP contribution is -2.42. The van der Waals surface area contributed by atoms with Crippen molar-refractivity contribution in [2.24, 2.45) is 10.9 Å². The Morgan fingerprint density at radius 3 is 2.36 bits per heavy atom. The molecule has 10 heteroatoms. The second-order valence-corrected chi connectivity index (χ2v) is 7.79. The molecular formula is C15H25N5O4S. The molecule has 1 rings (SSSR count). The number of benzene rings is 1. The van der Waals surface area contributed by atoms with Gasteiger partial charge in [0.25, 0.3) is 5.69 Å². The van der Waals surface area contributed by atoms with Crippen molar-refractivity contribution in [3.05, 3.63) is 39.9 Å². The number of aliphatic imine (C=N–C) groups is 1. The summed E-state index contributed by atoms with van der Waals surface area (Å²) < 4.78 is 24.5. The molecule has 0 bridgehead atoms. The van der Waals surface area contributed by atoms with Crippen molar-refractivity contribution in [3.63, 3.8) is 0 Å². The van der Waals surface area contributed by atoms with Crippen LogP contribution in [-0.2, 0) is 16.6 Å². The molecule has 140 valence electrons. The summed E-state index contributed by atoms with van der Waals surface area (Å²) in [5.74, 6) is 0.975. The molecule has 0 aliphatic carbocycles. The van der Waals surface area contributed by atoms with E-state index in [4.69, 9.17) is 0 Å². The van der Waals surface area contributed by atoms with Gasteiger partial charge >= 0.3 is 0 Å². The number of nitro benzene ring substituents is 1. The first kappa shape index (κ1) is 20.8. The van der Waals surface area contributed by atoms with E-state index in [0.29, 0.717) is 31.5 Å².